The first-order valence-electron chi connectivity index (χ1n) is 6.12. The Morgan fingerprint density at radius 1 is 1.40 bits per heavy atom. The van der Waals surface area contributed by atoms with E-state index in [1.807, 2.05) is 0 Å². The summed E-state index contributed by atoms with van der Waals surface area (Å²) >= 11 is 0. The minimum atomic E-state index is 0.326. The molecule has 1 saturated heterocycles. The second kappa shape index (κ2) is 4.96. The van der Waals surface area contributed by atoms with E-state index in [0.717, 1.165) is 31.8 Å². The van der Waals surface area contributed by atoms with E-state index in [2.05, 4.69) is 23.3 Å². The highest BCUT2D eigenvalue weighted by atomic mass is 15.2. The van der Waals surface area contributed by atoms with E-state index < -0.39 is 0 Å². The zero-order valence-corrected chi connectivity index (χ0v) is 9.58. The number of likely N-dealkylation sites (N-methyl/N-ethyl adjacent to an activating group) is 1. The van der Waals surface area contributed by atoms with E-state index >= 15 is 0 Å². The Labute approximate surface area is 92.4 Å². The highest BCUT2D eigenvalue weighted by Gasteiger charge is 2.33. The van der Waals surface area contributed by atoms with Crippen LogP contribution >= 0.6 is 0 Å². The maximum absolute atomic E-state index is 8.92. The van der Waals surface area contributed by atoms with Crippen LogP contribution in [0.15, 0.2) is 0 Å². The van der Waals surface area contributed by atoms with Gasteiger partial charge in [0.2, 0.25) is 0 Å². The molecule has 3 heteroatoms. The predicted octanol–water partition coefficient (Wildman–Crippen LogP) is 1.22. The number of nitriles is 1. The lowest BCUT2D eigenvalue weighted by Gasteiger charge is -2.30. The van der Waals surface area contributed by atoms with Crippen molar-refractivity contribution in [2.45, 2.75) is 31.7 Å². The van der Waals surface area contributed by atoms with E-state index in [-0.39, 0.29) is 0 Å². The van der Waals surface area contributed by atoms with Crippen LogP contribution in [0, 0.1) is 23.2 Å². The van der Waals surface area contributed by atoms with Gasteiger partial charge in [-0.1, -0.05) is 0 Å². The van der Waals surface area contributed by atoms with E-state index in [1.54, 1.807) is 0 Å². The molecule has 1 aliphatic carbocycles. The molecule has 0 radical (unpaired) electrons. The molecule has 1 N–H and O–H groups in total. The second-order valence-electron chi connectivity index (χ2n) is 5.00. The van der Waals surface area contributed by atoms with Crippen molar-refractivity contribution in [2.75, 3.05) is 26.7 Å². The van der Waals surface area contributed by atoms with Crippen LogP contribution in [-0.4, -0.2) is 37.6 Å². The average molecular weight is 207 g/mol. The van der Waals surface area contributed by atoms with Crippen molar-refractivity contribution in [1.82, 2.24) is 10.2 Å². The molecule has 84 valence electrons. The standard InChI is InChI=1S/C12H21N3/c1-15-6-2-5-14-9-12(15)11-4-3-10(7-11)8-13/h10-12,14H,2-7,9H2,1H3. The molecule has 0 spiro atoms. The normalized spacial score (nSPS) is 38.5. The number of rotatable bonds is 1. The van der Waals surface area contributed by atoms with E-state index in [1.165, 1.54) is 19.4 Å². The molecule has 15 heavy (non-hydrogen) atoms. The van der Waals surface area contributed by atoms with Gasteiger partial charge in [-0.3, -0.25) is 0 Å². The van der Waals surface area contributed by atoms with Crippen molar-refractivity contribution in [2.24, 2.45) is 11.8 Å². The summed E-state index contributed by atoms with van der Waals surface area (Å²) in [6.45, 7) is 3.46. The SMILES string of the molecule is CN1CCCNCC1C1CCC(C#N)C1. The summed E-state index contributed by atoms with van der Waals surface area (Å²) in [6.07, 6.45) is 4.73. The van der Waals surface area contributed by atoms with Crippen LogP contribution in [-0.2, 0) is 0 Å². The molecule has 0 bridgehead atoms. The van der Waals surface area contributed by atoms with Crippen molar-refractivity contribution in [3.63, 3.8) is 0 Å². The fourth-order valence-corrected chi connectivity index (χ4v) is 3.03. The van der Waals surface area contributed by atoms with Crippen LogP contribution in [0.25, 0.3) is 0 Å². The highest BCUT2D eigenvalue weighted by molar-refractivity contribution is 4.95. The summed E-state index contributed by atoms with van der Waals surface area (Å²) in [6, 6.07) is 3.08. The van der Waals surface area contributed by atoms with Crippen LogP contribution in [0.2, 0.25) is 0 Å². The maximum atomic E-state index is 8.92. The molecule has 1 aliphatic heterocycles. The van der Waals surface area contributed by atoms with Crippen molar-refractivity contribution < 1.29 is 0 Å². The van der Waals surface area contributed by atoms with Gasteiger partial charge in [0.1, 0.15) is 0 Å². The lowest BCUT2D eigenvalue weighted by Crippen LogP contribution is -2.42. The van der Waals surface area contributed by atoms with E-state index in [0.29, 0.717) is 12.0 Å². The Bertz CT molecular complexity index is 246. The van der Waals surface area contributed by atoms with Crippen LogP contribution < -0.4 is 5.32 Å². The summed E-state index contributed by atoms with van der Waals surface area (Å²) in [5, 5.41) is 12.4. The molecule has 2 rings (SSSR count). The van der Waals surface area contributed by atoms with Gasteiger partial charge in [0.05, 0.1) is 6.07 Å². The summed E-state index contributed by atoms with van der Waals surface area (Å²) in [5.41, 5.74) is 0. The third kappa shape index (κ3) is 2.50. The third-order valence-electron chi connectivity index (χ3n) is 3.98. The Morgan fingerprint density at radius 2 is 2.27 bits per heavy atom. The Balaban J connectivity index is 1.94. The number of nitrogens with one attached hydrogen (secondary N) is 1. The molecule has 3 unspecified atom stereocenters. The summed E-state index contributed by atoms with van der Waals surface area (Å²) in [4.78, 5) is 2.49. The minimum absolute atomic E-state index is 0.326. The van der Waals surface area contributed by atoms with Gasteiger partial charge in [-0.25, -0.2) is 0 Å². The molecule has 3 nitrogen and oxygen atoms in total. The number of hydrogen-bond donors (Lipinski definition) is 1. The smallest absolute Gasteiger partial charge is 0.0655 e. The van der Waals surface area contributed by atoms with Gasteiger partial charge in [-0.05, 0) is 51.7 Å². The predicted molar refractivity (Wildman–Crippen MR) is 60.3 cm³/mol. The Kier molecular flexibility index (Phi) is 3.61. The average Bonchev–Trinajstić information content (AvgIpc) is 2.62. The Morgan fingerprint density at radius 3 is 3.00 bits per heavy atom. The van der Waals surface area contributed by atoms with Crippen molar-refractivity contribution in [3.8, 4) is 6.07 Å². The fraction of sp³-hybridized carbons (Fsp3) is 0.917. The molecule has 0 aromatic carbocycles. The molecular formula is C12H21N3. The van der Waals surface area contributed by atoms with Gasteiger partial charge in [0.25, 0.3) is 0 Å². The molecule has 0 amide bonds. The fourth-order valence-electron chi connectivity index (χ4n) is 3.03. The summed E-state index contributed by atoms with van der Waals surface area (Å²) < 4.78 is 0. The molecule has 2 fully saturated rings. The molecule has 3 atom stereocenters. The van der Waals surface area contributed by atoms with Crippen LogP contribution in [0.1, 0.15) is 25.7 Å². The zero-order chi connectivity index (χ0) is 10.7. The first-order chi connectivity index (χ1) is 7.31. The number of hydrogen-bond acceptors (Lipinski definition) is 3. The van der Waals surface area contributed by atoms with Gasteiger partial charge in [0, 0.05) is 18.5 Å². The number of nitrogens with zero attached hydrogens (tertiary/aromatic N) is 2. The third-order valence-corrected chi connectivity index (χ3v) is 3.98. The van der Waals surface area contributed by atoms with Gasteiger partial charge < -0.3 is 10.2 Å². The summed E-state index contributed by atoms with van der Waals surface area (Å²) in [7, 11) is 2.23. The largest absolute Gasteiger partial charge is 0.315 e. The topological polar surface area (TPSA) is 39.1 Å². The van der Waals surface area contributed by atoms with E-state index in [9.17, 15) is 0 Å². The second-order valence-corrected chi connectivity index (χ2v) is 5.00. The molecule has 1 heterocycles. The van der Waals surface area contributed by atoms with Crippen molar-refractivity contribution in [3.05, 3.63) is 0 Å². The van der Waals surface area contributed by atoms with Gasteiger partial charge >= 0.3 is 0 Å². The molecule has 2 aliphatic rings. The first kappa shape index (κ1) is 10.9. The summed E-state index contributed by atoms with van der Waals surface area (Å²) in [5.74, 6) is 1.07. The van der Waals surface area contributed by atoms with Crippen molar-refractivity contribution in [1.29, 1.82) is 5.26 Å². The molecule has 0 aromatic heterocycles. The van der Waals surface area contributed by atoms with Crippen LogP contribution in [0.3, 0.4) is 0 Å². The van der Waals surface area contributed by atoms with Gasteiger partial charge in [0.15, 0.2) is 0 Å². The van der Waals surface area contributed by atoms with Gasteiger partial charge in [-0.2, -0.15) is 5.26 Å². The lowest BCUT2D eigenvalue weighted by molar-refractivity contribution is 0.187. The van der Waals surface area contributed by atoms with Gasteiger partial charge in [-0.15, -0.1) is 0 Å². The quantitative estimate of drug-likeness (QED) is 0.702. The molecule has 1 saturated carbocycles. The van der Waals surface area contributed by atoms with E-state index in [4.69, 9.17) is 5.26 Å². The Hall–Kier alpha value is -0.590. The molecule has 0 aromatic rings. The highest BCUT2D eigenvalue weighted by Crippen LogP contribution is 2.34. The maximum Gasteiger partial charge on any atom is 0.0655 e. The lowest BCUT2D eigenvalue weighted by atomic mass is 9.96. The monoisotopic (exact) mass is 207 g/mol. The first-order valence-corrected chi connectivity index (χ1v) is 6.12. The zero-order valence-electron chi connectivity index (χ0n) is 9.58. The van der Waals surface area contributed by atoms with Crippen LogP contribution in [0.5, 0.6) is 0 Å². The minimum Gasteiger partial charge on any atom is -0.315 e. The van der Waals surface area contributed by atoms with Crippen molar-refractivity contribution >= 4 is 0 Å². The molecular weight excluding hydrogens is 186 g/mol. The van der Waals surface area contributed by atoms with Crippen LogP contribution in [0.4, 0.5) is 0 Å².